The summed E-state index contributed by atoms with van der Waals surface area (Å²) in [6.07, 6.45) is 1.26. The van der Waals surface area contributed by atoms with Gasteiger partial charge in [0, 0.05) is 31.7 Å². The van der Waals surface area contributed by atoms with Crippen LogP contribution in [0.15, 0.2) is 30.3 Å². The van der Waals surface area contributed by atoms with Crippen molar-refractivity contribution in [2.45, 2.75) is 39.3 Å². The zero-order valence-electron chi connectivity index (χ0n) is 11.9. The molecule has 1 N–H and O–H groups in total. The molecule has 2 rings (SSSR count). The van der Waals surface area contributed by atoms with E-state index in [1.54, 1.807) is 0 Å². The highest BCUT2D eigenvalue weighted by Crippen LogP contribution is 2.24. The number of benzene rings is 1. The topological polar surface area (TPSA) is 15.3 Å². The summed E-state index contributed by atoms with van der Waals surface area (Å²) < 4.78 is 0. The van der Waals surface area contributed by atoms with Crippen molar-refractivity contribution in [2.24, 2.45) is 5.92 Å². The van der Waals surface area contributed by atoms with Crippen LogP contribution in [0.25, 0.3) is 0 Å². The normalized spacial score (nSPS) is 27.1. The molecular weight excluding hydrogens is 220 g/mol. The van der Waals surface area contributed by atoms with Crippen LogP contribution >= 0.6 is 0 Å². The lowest BCUT2D eigenvalue weighted by atomic mass is 9.99. The van der Waals surface area contributed by atoms with E-state index in [9.17, 15) is 0 Å². The third-order valence-corrected chi connectivity index (χ3v) is 4.04. The van der Waals surface area contributed by atoms with E-state index in [1.807, 2.05) is 0 Å². The Hall–Kier alpha value is -0.860. The van der Waals surface area contributed by atoms with Crippen molar-refractivity contribution in [3.8, 4) is 0 Å². The fourth-order valence-corrected chi connectivity index (χ4v) is 2.72. The van der Waals surface area contributed by atoms with E-state index >= 15 is 0 Å². The number of nitrogens with zero attached hydrogens (tertiary/aromatic N) is 1. The maximum atomic E-state index is 3.61. The molecule has 0 amide bonds. The van der Waals surface area contributed by atoms with E-state index in [-0.39, 0.29) is 0 Å². The second-order valence-electron chi connectivity index (χ2n) is 5.70. The Morgan fingerprint density at radius 2 is 2.06 bits per heavy atom. The third kappa shape index (κ3) is 3.33. The van der Waals surface area contributed by atoms with Crippen LogP contribution in [-0.2, 0) is 0 Å². The van der Waals surface area contributed by atoms with Crippen LogP contribution in [-0.4, -0.2) is 30.6 Å². The van der Waals surface area contributed by atoms with Gasteiger partial charge in [-0.15, -0.1) is 0 Å². The highest BCUT2D eigenvalue weighted by atomic mass is 15.2. The molecule has 0 spiro atoms. The van der Waals surface area contributed by atoms with E-state index in [4.69, 9.17) is 0 Å². The quantitative estimate of drug-likeness (QED) is 0.878. The first kappa shape index (κ1) is 13.6. The maximum Gasteiger partial charge on any atom is 0.0473 e. The summed E-state index contributed by atoms with van der Waals surface area (Å²) in [5, 5.41) is 3.61. The molecule has 0 aliphatic carbocycles. The monoisotopic (exact) mass is 246 g/mol. The lowest BCUT2D eigenvalue weighted by Crippen LogP contribution is -2.52. The van der Waals surface area contributed by atoms with Gasteiger partial charge in [0.05, 0.1) is 0 Å². The standard InChI is InChI=1S/C16H26N2/c1-4-13(2)11-18-12-14(3)17-10-16(18)15-8-6-5-7-9-15/h5-9,13-14,16-17H,4,10-12H2,1-3H3. The summed E-state index contributed by atoms with van der Waals surface area (Å²) in [6.45, 7) is 10.4. The first-order valence-corrected chi connectivity index (χ1v) is 7.23. The molecule has 100 valence electrons. The minimum Gasteiger partial charge on any atom is -0.311 e. The predicted molar refractivity (Wildman–Crippen MR) is 77.7 cm³/mol. The Balaban J connectivity index is 2.10. The number of piperazine rings is 1. The Morgan fingerprint density at radius 3 is 2.72 bits per heavy atom. The molecule has 1 saturated heterocycles. The van der Waals surface area contributed by atoms with Crippen LogP contribution in [0.3, 0.4) is 0 Å². The molecule has 3 unspecified atom stereocenters. The first-order valence-electron chi connectivity index (χ1n) is 7.23. The zero-order valence-corrected chi connectivity index (χ0v) is 11.9. The molecule has 1 aromatic carbocycles. The van der Waals surface area contributed by atoms with E-state index in [0.29, 0.717) is 12.1 Å². The lowest BCUT2D eigenvalue weighted by molar-refractivity contribution is 0.116. The summed E-state index contributed by atoms with van der Waals surface area (Å²) in [5.41, 5.74) is 1.44. The highest BCUT2D eigenvalue weighted by molar-refractivity contribution is 5.20. The van der Waals surface area contributed by atoms with E-state index < -0.39 is 0 Å². The minimum absolute atomic E-state index is 0.538. The predicted octanol–water partition coefficient (Wildman–Crippen LogP) is 3.07. The Kier molecular flexibility index (Phi) is 4.79. The maximum absolute atomic E-state index is 3.61. The number of hydrogen-bond acceptors (Lipinski definition) is 2. The van der Waals surface area contributed by atoms with Gasteiger partial charge in [0.1, 0.15) is 0 Å². The van der Waals surface area contributed by atoms with Crippen LogP contribution in [0.5, 0.6) is 0 Å². The second kappa shape index (κ2) is 6.35. The first-order chi connectivity index (χ1) is 8.70. The van der Waals surface area contributed by atoms with Gasteiger partial charge in [0.2, 0.25) is 0 Å². The van der Waals surface area contributed by atoms with Crippen molar-refractivity contribution in [2.75, 3.05) is 19.6 Å². The third-order valence-electron chi connectivity index (χ3n) is 4.04. The van der Waals surface area contributed by atoms with Gasteiger partial charge >= 0.3 is 0 Å². The summed E-state index contributed by atoms with van der Waals surface area (Å²) in [5.74, 6) is 0.779. The Bertz CT molecular complexity index is 349. The fraction of sp³-hybridized carbons (Fsp3) is 0.625. The SMILES string of the molecule is CCC(C)CN1CC(C)NCC1c1ccccc1. The minimum atomic E-state index is 0.538. The van der Waals surface area contributed by atoms with Crippen LogP contribution in [0.1, 0.15) is 38.8 Å². The fourth-order valence-electron chi connectivity index (χ4n) is 2.72. The molecule has 1 aliphatic heterocycles. The molecule has 1 fully saturated rings. The molecule has 0 aromatic heterocycles. The van der Waals surface area contributed by atoms with E-state index in [0.717, 1.165) is 19.0 Å². The molecule has 0 radical (unpaired) electrons. The zero-order chi connectivity index (χ0) is 13.0. The van der Waals surface area contributed by atoms with Gasteiger partial charge in [-0.3, -0.25) is 4.90 Å². The summed E-state index contributed by atoms with van der Waals surface area (Å²) in [4.78, 5) is 2.66. The van der Waals surface area contributed by atoms with Gasteiger partial charge < -0.3 is 5.32 Å². The highest BCUT2D eigenvalue weighted by Gasteiger charge is 2.27. The molecule has 0 saturated carbocycles. The number of nitrogens with one attached hydrogen (secondary N) is 1. The van der Waals surface area contributed by atoms with Crippen molar-refractivity contribution in [3.05, 3.63) is 35.9 Å². The van der Waals surface area contributed by atoms with E-state index in [1.165, 1.54) is 18.5 Å². The summed E-state index contributed by atoms with van der Waals surface area (Å²) >= 11 is 0. The Morgan fingerprint density at radius 1 is 1.33 bits per heavy atom. The van der Waals surface area contributed by atoms with Crippen molar-refractivity contribution >= 4 is 0 Å². The van der Waals surface area contributed by atoms with Crippen molar-refractivity contribution in [1.82, 2.24) is 10.2 Å². The van der Waals surface area contributed by atoms with Crippen LogP contribution in [0.2, 0.25) is 0 Å². The van der Waals surface area contributed by atoms with Crippen molar-refractivity contribution in [1.29, 1.82) is 0 Å². The molecule has 0 bridgehead atoms. The van der Waals surface area contributed by atoms with Gasteiger partial charge in [-0.05, 0) is 18.4 Å². The average Bonchev–Trinajstić information content (AvgIpc) is 2.40. The van der Waals surface area contributed by atoms with Gasteiger partial charge in [0.25, 0.3) is 0 Å². The number of hydrogen-bond donors (Lipinski definition) is 1. The Labute approximate surface area is 111 Å². The van der Waals surface area contributed by atoms with Crippen molar-refractivity contribution < 1.29 is 0 Å². The van der Waals surface area contributed by atoms with Gasteiger partial charge in [-0.2, -0.15) is 0 Å². The molecule has 1 aromatic rings. The molecule has 2 nitrogen and oxygen atoms in total. The van der Waals surface area contributed by atoms with Gasteiger partial charge in [0.15, 0.2) is 0 Å². The smallest absolute Gasteiger partial charge is 0.0473 e. The van der Waals surface area contributed by atoms with Crippen LogP contribution in [0.4, 0.5) is 0 Å². The van der Waals surface area contributed by atoms with Crippen molar-refractivity contribution in [3.63, 3.8) is 0 Å². The molecule has 1 aliphatic rings. The molecular formula is C16H26N2. The summed E-state index contributed by atoms with van der Waals surface area (Å²) in [7, 11) is 0. The number of rotatable bonds is 4. The van der Waals surface area contributed by atoms with Crippen LogP contribution in [0, 0.1) is 5.92 Å². The van der Waals surface area contributed by atoms with Gasteiger partial charge in [-0.25, -0.2) is 0 Å². The summed E-state index contributed by atoms with van der Waals surface area (Å²) in [6, 6.07) is 12.0. The molecule has 3 atom stereocenters. The molecule has 1 heterocycles. The molecule has 18 heavy (non-hydrogen) atoms. The second-order valence-corrected chi connectivity index (χ2v) is 5.70. The largest absolute Gasteiger partial charge is 0.311 e. The van der Waals surface area contributed by atoms with E-state index in [2.05, 4.69) is 61.3 Å². The molecule has 2 heteroatoms. The van der Waals surface area contributed by atoms with Crippen LogP contribution < -0.4 is 5.32 Å². The lowest BCUT2D eigenvalue weighted by Gasteiger charge is -2.40. The van der Waals surface area contributed by atoms with Gasteiger partial charge in [-0.1, -0.05) is 50.6 Å². The average molecular weight is 246 g/mol.